The Morgan fingerprint density at radius 2 is 1.60 bits per heavy atom. The van der Waals surface area contributed by atoms with E-state index < -0.39 is 28.5 Å². The van der Waals surface area contributed by atoms with Crippen molar-refractivity contribution in [3.63, 3.8) is 0 Å². The van der Waals surface area contributed by atoms with Gasteiger partial charge in [-0.1, -0.05) is 80.0 Å². The molecule has 2 amide bonds. The summed E-state index contributed by atoms with van der Waals surface area (Å²) in [5, 5.41) is 3.15. The first-order valence-corrected chi connectivity index (χ1v) is 15.2. The number of carbonyl (C=O) groups excluding carboxylic acids is 2. The molecular formula is C30H36ClN3O5S. The lowest BCUT2D eigenvalue weighted by molar-refractivity contribution is -0.140. The number of nitrogens with one attached hydrogen (secondary N) is 1. The molecule has 1 N–H and O–H groups in total. The predicted molar refractivity (Wildman–Crippen MR) is 159 cm³/mol. The smallest absolute Gasteiger partial charge is 0.244 e. The van der Waals surface area contributed by atoms with Crippen molar-refractivity contribution in [2.45, 2.75) is 32.9 Å². The van der Waals surface area contributed by atoms with Crippen LogP contribution in [0.25, 0.3) is 0 Å². The van der Waals surface area contributed by atoms with Crippen molar-refractivity contribution >= 4 is 39.1 Å². The topological polar surface area (TPSA) is 96.0 Å². The van der Waals surface area contributed by atoms with E-state index in [1.165, 1.54) is 4.90 Å². The first-order chi connectivity index (χ1) is 19.0. The number of anilines is 1. The molecule has 0 aliphatic carbocycles. The Labute approximate surface area is 241 Å². The Kier molecular flexibility index (Phi) is 11.0. The van der Waals surface area contributed by atoms with Crippen LogP contribution in [0.3, 0.4) is 0 Å². The molecule has 0 radical (unpaired) electrons. The molecule has 10 heteroatoms. The van der Waals surface area contributed by atoms with Crippen molar-refractivity contribution in [2.24, 2.45) is 5.92 Å². The Morgan fingerprint density at radius 1 is 0.950 bits per heavy atom. The zero-order valence-electron chi connectivity index (χ0n) is 23.2. The molecule has 3 aromatic carbocycles. The van der Waals surface area contributed by atoms with Crippen molar-refractivity contribution < 1.29 is 22.7 Å². The molecule has 0 aliphatic heterocycles. The van der Waals surface area contributed by atoms with Crippen LogP contribution >= 0.6 is 11.6 Å². The number of amides is 2. The minimum atomic E-state index is -3.90. The summed E-state index contributed by atoms with van der Waals surface area (Å²) in [5.41, 5.74) is 1.78. The number of methoxy groups -OCH3 is 1. The van der Waals surface area contributed by atoms with Crippen molar-refractivity contribution in [2.75, 3.05) is 30.8 Å². The molecule has 0 unspecified atom stereocenters. The average molecular weight is 586 g/mol. The first kappa shape index (κ1) is 31.0. The highest BCUT2D eigenvalue weighted by atomic mass is 35.5. The number of rotatable bonds is 13. The minimum absolute atomic E-state index is 0.0583. The lowest BCUT2D eigenvalue weighted by atomic mass is 10.0. The molecule has 0 spiro atoms. The lowest BCUT2D eigenvalue weighted by Crippen LogP contribution is -2.53. The number of sulfonamides is 1. The van der Waals surface area contributed by atoms with Crippen LogP contribution in [0.5, 0.6) is 5.75 Å². The molecule has 1 atom stereocenters. The third kappa shape index (κ3) is 8.72. The van der Waals surface area contributed by atoms with Gasteiger partial charge in [0.2, 0.25) is 21.8 Å². The fraction of sp³-hybridized carbons (Fsp3) is 0.333. The van der Waals surface area contributed by atoms with Gasteiger partial charge in [-0.2, -0.15) is 0 Å². The normalized spacial score (nSPS) is 12.1. The molecule has 0 bridgehead atoms. The van der Waals surface area contributed by atoms with E-state index in [0.717, 1.165) is 21.7 Å². The van der Waals surface area contributed by atoms with Gasteiger partial charge in [-0.05, 0) is 41.3 Å². The summed E-state index contributed by atoms with van der Waals surface area (Å²) in [6, 6.07) is 22.1. The summed E-state index contributed by atoms with van der Waals surface area (Å²) in [6.45, 7) is 3.93. The highest BCUT2D eigenvalue weighted by Crippen LogP contribution is 2.28. The van der Waals surface area contributed by atoms with Crippen LogP contribution < -0.4 is 14.4 Å². The highest BCUT2D eigenvalue weighted by Gasteiger charge is 2.33. The van der Waals surface area contributed by atoms with Gasteiger partial charge in [0.05, 0.1) is 24.1 Å². The number of nitrogens with zero attached hydrogens (tertiary/aromatic N) is 2. The molecule has 214 valence electrons. The highest BCUT2D eigenvalue weighted by molar-refractivity contribution is 7.92. The number of benzene rings is 3. The first-order valence-electron chi connectivity index (χ1n) is 13.0. The largest absolute Gasteiger partial charge is 0.497 e. The maximum atomic E-state index is 14.1. The van der Waals surface area contributed by atoms with Crippen molar-refractivity contribution in [3.8, 4) is 5.75 Å². The van der Waals surface area contributed by atoms with E-state index in [-0.39, 0.29) is 35.5 Å². The minimum Gasteiger partial charge on any atom is -0.497 e. The molecule has 0 aliphatic rings. The van der Waals surface area contributed by atoms with E-state index in [1.807, 2.05) is 50.2 Å². The zero-order chi connectivity index (χ0) is 29.3. The van der Waals surface area contributed by atoms with Crippen LogP contribution in [0.4, 0.5) is 5.69 Å². The van der Waals surface area contributed by atoms with Crippen molar-refractivity contribution in [3.05, 3.63) is 95.0 Å². The average Bonchev–Trinajstić information content (AvgIpc) is 2.92. The second-order valence-corrected chi connectivity index (χ2v) is 12.3. The van der Waals surface area contributed by atoms with Crippen LogP contribution in [-0.2, 0) is 32.6 Å². The third-order valence-electron chi connectivity index (χ3n) is 6.24. The molecule has 0 aromatic heterocycles. The fourth-order valence-corrected chi connectivity index (χ4v) is 5.34. The van der Waals surface area contributed by atoms with Crippen LogP contribution in [-0.4, -0.2) is 57.6 Å². The van der Waals surface area contributed by atoms with Gasteiger partial charge in [-0.15, -0.1) is 0 Å². The number of carbonyl (C=O) groups is 2. The third-order valence-corrected chi connectivity index (χ3v) is 7.69. The Hall–Kier alpha value is -3.56. The molecule has 0 saturated carbocycles. The molecular weight excluding hydrogens is 550 g/mol. The Morgan fingerprint density at radius 3 is 2.23 bits per heavy atom. The van der Waals surface area contributed by atoms with E-state index in [9.17, 15) is 18.0 Å². The number of para-hydroxylation sites is 1. The van der Waals surface area contributed by atoms with Gasteiger partial charge in [-0.3, -0.25) is 13.9 Å². The summed E-state index contributed by atoms with van der Waals surface area (Å²) in [7, 11) is -2.35. The van der Waals surface area contributed by atoms with Gasteiger partial charge in [0.25, 0.3) is 0 Å². The van der Waals surface area contributed by atoms with Gasteiger partial charge in [0.15, 0.2) is 0 Å². The molecule has 3 rings (SSSR count). The number of ether oxygens (including phenoxy) is 1. The summed E-state index contributed by atoms with van der Waals surface area (Å²) >= 11 is 6.33. The van der Waals surface area contributed by atoms with Crippen LogP contribution in [0.1, 0.15) is 25.0 Å². The van der Waals surface area contributed by atoms with Gasteiger partial charge in [0, 0.05) is 19.5 Å². The molecule has 0 heterocycles. The van der Waals surface area contributed by atoms with Crippen molar-refractivity contribution in [1.82, 2.24) is 10.2 Å². The monoisotopic (exact) mass is 585 g/mol. The second kappa shape index (κ2) is 14.2. The SMILES string of the molecule is COc1cccc(CN(C(=O)CN(c2ccccc2Cl)S(C)(=O)=O)[C@@H](Cc2ccccc2)C(=O)NCC(C)C)c1. The standard InChI is InChI=1S/C30H36ClN3O5S/c1-22(2)19-32-30(36)28(18-23-11-6-5-7-12-23)33(20-24-13-10-14-25(17-24)39-3)29(35)21-34(40(4,37)38)27-16-9-8-15-26(27)31/h5-17,22,28H,18-21H2,1-4H3,(H,32,36)/t28-/m0/s1. The van der Waals surface area contributed by atoms with Crippen LogP contribution in [0.2, 0.25) is 5.02 Å². The van der Waals surface area contributed by atoms with E-state index in [4.69, 9.17) is 16.3 Å². The number of halogens is 1. The summed E-state index contributed by atoms with van der Waals surface area (Å²) in [5.74, 6) is -0.0707. The predicted octanol–water partition coefficient (Wildman–Crippen LogP) is 4.53. The summed E-state index contributed by atoms with van der Waals surface area (Å²) < 4.78 is 32.0. The zero-order valence-corrected chi connectivity index (χ0v) is 24.8. The molecule has 0 saturated heterocycles. The van der Waals surface area contributed by atoms with Gasteiger partial charge in [-0.25, -0.2) is 8.42 Å². The van der Waals surface area contributed by atoms with E-state index >= 15 is 0 Å². The van der Waals surface area contributed by atoms with E-state index in [1.54, 1.807) is 49.6 Å². The maximum absolute atomic E-state index is 14.1. The quantitative estimate of drug-likeness (QED) is 0.318. The Balaban J connectivity index is 2.07. The van der Waals surface area contributed by atoms with E-state index in [0.29, 0.717) is 12.3 Å². The summed E-state index contributed by atoms with van der Waals surface area (Å²) in [4.78, 5) is 29.2. The second-order valence-electron chi connectivity index (χ2n) is 9.94. The Bertz CT molecular complexity index is 1400. The summed E-state index contributed by atoms with van der Waals surface area (Å²) in [6.07, 6.45) is 1.26. The van der Waals surface area contributed by atoms with Crippen LogP contribution in [0.15, 0.2) is 78.9 Å². The lowest BCUT2D eigenvalue weighted by Gasteiger charge is -2.34. The number of hydrogen-bond acceptors (Lipinski definition) is 5. The van der Waals surface area contributed by atoms with Gasteiger partial charge < -0.3 is 15.0 Å². The maximum Gasteiger partial charge on any atom is 0.244 e. The molecule has 0 fully saturated rings. The van der Waals surface area contributed by atoms with Gasteiger partial charge in [0.1, 0.15) is 18.3 Å². The molecule has 8 nitrogen and oxygen atoms in total. The van der Waals surface area contributed by atoms with Crippen molar-refractivity contribution in [1.29, 1.82) is 0 Å². The number of hydrogen-bond donors (Lipinski definition) is 1. The fourth-order valence-electron chi connectivity index (χ4n) is 4.19. The van der Waals surface area contributed by atoms with Crippen LogP contribution in [0, 0.1) is 5.92 Å². The van der Waals surface area contributed by atoms with Gasteiger partial charge >= 0.3 is 0 Å². The molecule has 3 aromatic rings. The molecule has 40 heavy (non-hydrogen) atoms. The van der Waals surface area contributed by atoms with E-state index in [2.05, 4.69) is 5.32 Å².